The quantitative estimate of drug-likeness (QED) is 0.820. The van der Waals surface area contributed by atoms with Crippen LogP contribution in [-0.2, 0) is 13.5 Å². The van der Waals surface area contributed by atoms with E-state index < -0.39 is 0 Å². The summed E-state index contributed by atoms with van der Waals surface area (Å²) >= 11 is 3.43. The summed E-state index contributed by atoms with van der Waals surface area (Å²) in [4.78, 5) is 12.2. The Hall–Kier alpha value is -0.840. The predicted molar refractivity (Wildman–Crippen MR) is 77.1 cm³/mol. The minimum Gasteiger partial charge on any atom is -0.349 e. The number of aryl methyl sites for hydroxylation is 2. The van der Waals surface area contributed by atoms with Crippen LogP contribution in [0, 0.1) is 5.92 Å². The van der Waals surface area contributed by atoms with Gasteiger partial charge in [0.25, 0.3) is 5.91 Å². The highest BCUT2D eigenvalue weighted by molar-refractivity contribution is 9.09. The molecule has 18 heavy (non-hydrogen) atoms. The molecule has 1 unspecified atom stereocenters. The average molecular weight is 316 g/mol. The minimum absolute atomic E-state index is 0.0143. The van der Waals surface area contributed by atoms with Gasteiger partial charge in [0.1, 0.15) is 0 Å². The first-order valence-corrected chi connectivity index (χ1v) is 7.51. The molecule has 0 bridgehead atoms. The van der Waals surface area contributed by atoms with Gasteiger partial charge in [0, 0.05) is 24.6 Å². The minimum atomic E-state index is -0.0143. The van der Waals surface area contributed by atoms with Crippen LogP contribution in [-0.4, -0.2) is 27.1 Å². The number of aromatic nitrogens is 2. The lowest BCUT2D eigenvalue weighted by atomic mass is 10.0. The third kappa shape index (κ3) is 3.83. The molecule has 0 aromatic carbocycles. The zero-order valence-corrected chi connectivity index (χ0v) is 13.1. The van der Waals surface area contributed by atoms with Crippen LogP contribution in [0.3, 0.4) is 0 Å². The van der Waals surface area contributed by atoms with Crippen LogP contribution in [0.1, 0.15) is 43.2 Å². The normalized spacial score (nSPS) is 12.8. The summed E-state index contributed by atoms with van der Waals surface area (Å²) in [5, 5.41) is 8.29. The van der Waals surface area contributed by atoms with Crippen molar-refractivity contribution >= 4 is 21.8 Å². The maximum absolute atomic E-state index is 12.2. The molecule has 1 aromatic heterocycles. The van der Waals surface area contributed by atoms with Gasteiger partial charge in [-0.25, -0.2) is 0 Å². The lowest BCUT2D eigenvalue weighted by Gasteiger charge is -2.21. The number of nitrogens with zero attached hydrogens (tertiary/aromatic N) is 2. The van der Waals surface area contributed by atoms with Gasteiger partial charge in [0.05, 0.1) is 11.3 Å². The van der Waals surface area contributed by atoms with E-state index in [2.05, 4.69) is 40.2 Å². The lowest BCUT2D eigenvalue weighted by Crippen LogP contribution is -2.39. The second kappa shape index (κ2) is 6.92. The van der Waals surface area contributed by atoms with Gasteiger partial charge in [0.15, 0.2) is 0 Å². The molecule has 0 aliphatic heterocycles. The fourth-order valence-electron chi connectivity index (χ4n) is 1.92. The Labute approximate surface area is 117 Å². The highest BCUT2D eigenvalue weighted by atomic mass is 79.9. The number of alkyl halides is 1. The largest absolute Gasteiger partial charge is 0.349 e. The van der Waals surface area contributed by atoms with E-state index in [9.17, 15) is 4.79 Å². The Bertz CT molecular complexity index is 401. The Kier molecular flexibility index (Phi) is 5.85. The summed E-state index contributed by atoms with van der Waals surface area (Å²) < 4.78 is 1.70. The number of halogens is 1. The van der Waals surface area contributed by atoms with Crippen molar-refractivity contribution in [2.75, 3.05) is 5.33 Å². The Morgan fingerprint density at radius 1 is 1.56 bits per heavy atom. The van der Waals surface area contributed by atoms with Crippen molar-refractivity contribution in [3.05, 3.63) is 17.5 Å². The van der Waals surface area contributed by atoms with Crippen LogP contribution in [0.2, 0.25) is 0 Å². The van der Waals surface area contributed by atoms with Crippen molar-refractivity contribution < 1.29 is 4.79 Å². The van der Waals surface area contributed by atoms with Gasteiger partial charge >= 0.3 is 0 Å². The standard InChI is InChI=1S/C13H22BrN3O/c1-5-11-10(8-17(4)16-11)13(18)15-12(6-7-14)9(2)3/h8-9,12H,5-7H2,1-4H3,(H,15,18). The monoisotopic (exact) mass is 315 g/mol. The molecule has 0 spiro atoms. The number of rotatable bonds is 6. The molecule has 1 rings (SSSR count). The maximum Gasteiger partial charge on any atom is 0.254 e. The van der Waals surface area contributed by atoms with Crippen LogP contribution in [0.5, 0.6) is 0 Å². The van der Waals surface area contributed by atoms with E-state index in [0.29, 0.717) is 11.5 Å². The zero-order valence-electron chi connectivity index (χ0n) is 11.5. The zero-order chi connectivity index (χ0) is 13.7. The number of hydrogen-bond donors (Lipinski definition) is 1. The van der Waals surface area contributed by atoms with Crippen LogP contribution in [0.15, 0.2) is 6.20 Å². The molecule has 102 valence electrons. The van der Waals surface area contributed by atoms with Crippen molar-refractivity contribution in [2.24, 2.45) is 13.0 Å². The van der Waals surface area contributed by atoms with Gasteiger partial charge in [-0.1, -0.05) is 36.7 Å². The third-order valence-corrected chi connectivity index (χ3v) is 3.48. The first kappa shape index (κ1) is 15.2. The number of amides is 1. The molecule has 0 aliphatic rings. The van der Waals surface area contributed by atoms with E-state index in [1.807, 2.05) is 14.0 Å². The van der Waals surface area contributed by atoms with Gasteiger partial charge in [-0.15, -0.1) is 0 Å². The van der Waals surface area contributed by atoms with Gasteiger partial charge in [-0.05, 0) is 18.8 Å². The van der Waals surface area contributed by atoms with Crippen molar-refractivity contribution in [2.45, 2.75) is 39.7 Å². The summed E-state index contributed by atoms with van der Waals surface area (Å²) in [7, 11) is 1.84. The maximum atomic E-state index is 12.2. The number of hydrogen-bond acceptors (Lipinski definition) is 2. The average Bonchev–Trinajstić information content (AvgIpc) is 2.69. The second-order valence-corrected chi connectivity index (χ2v) is 5.61. The highest BCUT2D eigenvalue weighted by Gasteiger charge is 2.19. The molecule has 0 fully saturated rings. The molecule has 4 nitrogen and oxygen atoms in total. The first-order chi connectivity index (χ1) is 8.49. The topological polar surface area (TPSA) is 46.9 Å². The van der Waals surface area contributed by atoms with E-state index in [1.54, 1.807) is 10.9 Å². The van der Waals surface area contributed by atoms with Crippen molar-refractivity contribution in [3.63, 3.8) is 0 Å². The molecular formula is C13H22BrN3O. The molecule has 0 aliphatic carbocycles. The summed E-state index contributed by atoms with van der Waals surface area (Å²) in [6.45, 7) is 6.26. The van der Waals surface area contributed by atoms with E-state index in [1.165, 1.54) is 0 Å². The van der Waals surface area contributed by atoms with E-state index in [-0.39, 0.29) is 11.9 Å². The molecule has 0 saturated carbocycles. The number of nitrogens with one attached hydrogen (secondary N) is 1. The van der Waals surface area contributed by atoms with Gasteiger partial charge in [0.2, 0.25) is 0 Å². The first-order valence-electron chi connectivity index (χ1n) is 6.38. The number of carbonyl (C=O) groups excluding carboxylic acids is 1. The summed E-state index contributed by atoms with van der Waals surface area (Å²) in [5.74, 6) is 0.410. The SMILES string of the molecule is CCc1nn(C)cc1C(=O)NC(CCBr)C(C)C. The van der Waals surface area contributed by atoms with Crippen LogP contribution in [0.4, 0.5) is 0 Å². The van der Waals surface area contributed by atoms with Crippen molar-refractivity contribution in [1.29, 1.82) is 0 Å². The van der Waals surface area contributed by atoms with Crippen molar-refractivity contribution in [3.8, 4) is 0 Å². The molecule has 1 heterocycles. The van der Waals surface area contributed by atoms with Gasteiger partial charge in [-0.2, -0.15) is 5.10 Å². The molecule has 1 atom stereocenters. The fraction of sp³-hybridized carbons (Fsp3) is 0.692. The molecule has 1 N–H and O–H groups in total. The molecule has 1 amide bonds. The van der Waals surface area contributed by atoms with Gasteiger partial charge < -0.3 is 5.32 Å². The molecular weight excluding hydrogens is 294 g/mol. The smallest absolute Gasteiger partial charge is 0.254 e. The summed E-state index contributed by atoms with van der Waals surface area (Å²) in [6, 6.07) is 0.196. The van der Waals surface area contributed by atoms with Gasteiger partial charge in [-0.3, -0.25) is 9.48 Å². The van der Waals surface area contributed by atoms with Crippen molar-refractivity contribution in [1.82, 2.24) is 15.1 Å². The van der Waals surface area contributed by atoms with E-state index >= 15 is 0 Å². The Morgan fingerprint density at radius 2 is 2.22 bits per heavy atom. The van der Waals surface area contributed by atoms with E-state index in [0.717, 1.165) is 23.9 Å². The predicted octanol–water partition coefficient (Wildman–Crippen LogP) is 2.52. The summed E-state index contributed by atoms with van der Waals surface area (Å²) in [6.07, 6.45) is 3.50. The second-order valence-electron chi connectivity index (χ2n) is 4.82. The lowest BCUT2D eigenvalue weighted by molar-refractivity contribution is 0.0924. The molecule has 0 radical (unpaired) electrons. The van der Waals surface area contributed by atoms with Crippen LogP contribution in [0.25, 0.3) is 0 Å². The molecule has 0 saturated heterocycles. The Balaban J connectivity index is 2.79. The summed E-state index contributed by atoms with van der Waals surface area (Å²) in [5.41, 5.74) is 1.55. The number of carbonyl (C=O) groups is 1. The molecule has 1 aromatic rings. The Morgan fingerprint density at radius 3 is 2.72 bits per heavy atom. The van der Waals surface area contributed by atoms with Crippen LogP contribution >= 0.6 is 15.9 Å². The third-order valence-electron chi connectivity index (χ3n) is 3.03. The van der Waals surface area contributed by atoms with Crippen LogP contribution < -0.4 is 5.32 Å². The molecule has 5 heteroatoms. The fourth-order valence-corrected chi connectivity index (χ4v) is 2.41. The van der Waals surface area contributed by atoms with E-state index in [4.69, 9.17) is 0 Å². The highest BCUT2D eigenvalue weighted by Crippen LogP contribution is 2.12.